The Bertz CT molecular complexity index is 1710. The van der Waals surface area contributed by atoms with E-state index in [0.29, 0.717) is 11.1 Å². The highest BCUT2D eigenvalue weighted by Gasteiger charge is 2.53. The standard InChI is InChI=1S/C25H22N10O6S2/c1-2-41-32-16(19-31-25(27)43-33-19)21(37)30-17-22(38)35-18(24(39)40)14(10-42-23(17)35)9-34-5-3-12(4-6-34)13-7-15(28-8-13)20(36)29-11-26/h3-8,17,23H,2,9-10H2,1H3,(H5,27,29,30,31,33,36,37,39,40)/b32-16+. The van der Waals surface area contributed by atoms with Crippen LogP contribution in [0.4, 0.5) is 5.13 Å². The molecule has 5 N–H and O–H groups in total. The van der Waals surface area contributed by atoms with Gasteiger partial charge in [-0.25, -0.2) is 4.57 Å². The molecule has 1 fully saturated rings. The number of β-lactam (4-membered cyclic amide) rings is 1. The molecule has 1 saturated heterocycles. The van der Waals surface area contributed by atoms with E-state index in [4.69, 9.17) is 15.8 Å². The smallest absolute Gasteiger partial charge is 0.280 e. The average molecular weight is 623 g/mol. The predicted molar refractivity (Wildman–Crippen MR) is 149 cm³/mol. The Morgan fingerprint density at radius 2 is 2.12 bits per heavy atom. The second-order valence-corrected chi connectivity index (χ2v) is 10.9. The zero-order valence-electron chi connectivity index (χ0n) is 22.3. The van der Waals surface area contributed by atoms with Crippen LogP contribution in [-0.4, -0.2) is 72.4 Å². The third kappa shape index (κ3) is 5.89. The lowest BCUT2D eigenvalue weighted by Crippen LogP contribution is -2.71. The van der Waals surface area contributed by atoms with Crippen molar-refractivity contribution in [1.82, 2.24) is 29.9 Å². The number of nitrogens with one attached hydrogen (secondary N) is 3. The van der Waals surface area contributed by atoms with Gasteiger partial charge in [-0.3, -0.25) is 24.6 Å². The van der Waals surface area contributed by atoms with Crippen molar-refractivity contribution in [3.05, 3.63) is 59.6 Å². The largest absolute Gasteiger partial charge is 0.543 e. The summed E-state index contributed by atoms with van der Waals surface area (Å²) in [6.07, 6.45) is 6.66. The van der Waals surface area contributed by atoms with E-state index in [9.17, 15) is 24.3 Å². The summed E-state index contributed by atoms with van der Waals surface area (Å²) in [5, 5.41) is 28.6. The fourth-order valence-electron chi connectivity index (χ4n) is 4.43. The summed E-state index contributed by atoms with van der Waals surface area (Å²) in [5.41, 5.74) is 7.27. The van der Waals surface area contributed by atoms with Crippen molar-refractivity contribution in [2.75, 3.05) is 18.1 Å². The summed E-state index contributed by atoms with van der Waals surface area (Å²) in [6, 6.07) is 4.13. The molecule has 2 aliphatic rings. The maximum Gasteiger partial charge on any atom is 0.280 e. The minimum absolute atomic E-state index is 0.0598. The lowest BCUT2D eigenvalue weighted by Gasteiger charge is -2.50. The molecule has 3 amide bonds. The summed E-state index contributed by atoms with van der Waals surface area (Å²) < 4.78 is 5.71. The number of anilines is 1. The third-order valence-electron chi connectivity index (χ3n) is 6.38. The predicted octanol–water partition coefficient (Wildman–Crippen LogP) is -1.54. The Morgan fingerprint density at radius 1 is 1.35 bits per heavy atom. The molecule has 220 valence electrons. The molecule has 0 radical (unpaired) electrons. The van der Waals surface area contributed by atoms with E-state index in [0.717, 1.165) is 22.0 Å². The number of thioether (sulfide) groups is 1. The first-order chi connectivity index (χ1) is 20.7. The lowest BCUT2D eigenvalue weighted by molar-refractivity contribution is -0.689. The number of aromatic amines is 1. The number of carbonyl (C=O) groups excluding carboxylic acids is 4. The minimum atomic E-state index is -1.51. The highest BCUT2D eigenvalue weighted by atomic mass is 32.2. The number of hydrogen-bond donors (Lipinski definition) is 4. The molecule has 43 heavy (non-hydrogen) atoms. The number of nitriles is 1. The number of nitrogens with two attached hydrogens (primary N) is 1. The fourth-order valence-corrected chi connectivity index (χ4v) is 6.20. The number of carbonyl (C=O) groups is 4. The summed E-state index contributed by atoms with van der Waals surface area (Å²) in [4.78, 5) is 63.0. The normalized spacial score (nSPS) is 17.9. The maximum absolute atomic E-state index is 13.1. The van der Waals surface area contributed by atoms with Crippen LogP contribution in [0, 0.1) is 11.5 Å². The van der Waals surface area contributed by atoms with Crippen molar-refractivity contribution in [1.29, 1.82) is 5.26 Å². The van der Waals surface area contributed by atoms with Gasteiger partial charge in [0.15, 0.2) is 30.3 Å². The van der Waals surface area contributed by atoms with Crippen LogP contribution in [0.25, 0.3) is 11.1 Å². The molecule has 0 aliphatic carbocycles. The van der Waals surface area contributed by atoms with E-state index in [-0.39, 0.29) is 47.0 Å². The van der Waals surface area contributed by atoms with E-state index >= 15 is 0 Å². The highest BCUT2D eigenvalue weighted by molar-refractivity contribution is 8.00. The fraction of sp³-hybridized carbons (Fsp3) is 0.240. The zero-order valence-corrected chi connectivity index (χ0v) is 23.9. The number of nitrogen functional groups attached to an aromatic ring is 1. The molecule has 0 saturated carbocycles. The lowest BCUT2D eigenvalue weighted by atomic mass is 10.0. The van der Waals surface area contributed by atoms with Crippen molar-refractivity contribution in [2.45, 2.75) is 24.9 Å². The van der Waals surface area contributed by atoms with Gasteiger partial charge in [0.25, 0.3) is 17.7 Å². The first-order valence-corrected chi connectivity index (χ1v) is 14.4. The second kappa shape index (κ2) is 12.3. The van der Waals surface area contributed by atoms with Crippen LogP contribution in [0.1, 0.15) is 23.2 Å². The number of oxime groups is 1. The number of aromatic nitrogens is 4. The van der Waals surface area contributed by atoms with Crippen molar-refractivity contribution in [3.8, 4) is 17.3 Å². The Morgan fingerprint density at radius 3 is 2.77 bits per heavy atom. The van der Waals surface area contributed by atoms with E-state index < -0.39 is 35.1 Å². The number of carboxylic acid groups (broad SMARTS) is 1. The number of aliphatic carboxylic acids is 1. The van der Waals surface area contributed by atoms with Gasteiger partial charge in [0.2, 0.25) is 11.5 Å². The van der Waals surface area contributed by atoms with Crippen molar-refractivity contribution < 1.29 is 33.7 Å². The summed E-state index contributed by atoms with van der Waals surface area (Å²) in [6.45, 7) is 2.00. The number of H-pyrrole nitrogens is 1. The number of amides is 3. The first-order valence-electron chi connectivity index (χ1n) is 12.6. The van der Waals surface area contributed by atoms with E-state index in [2.05, 4.69) is 24.8 Å². The van der Waals surface area contributed by atoms with Crippen LogP contribution >= 0.6 is 23.3 Å². The number of pyridine rings is 1. The van der Waals surface area contributed by atoms with Crippen molar-refractivity contribution >= 4 is 57.8 Å². The SMILES string of the molecule is CCO/N=C(/C(=O)NC1C(=O)N2C(C(=O)[O-])=C(C[n+]3ccc(-c4c[nH]c(C(=O)NC#N)c4)cc3)CSC12)c1nsc(N)n1. The van der Waals surface area contributed by atoms with Crippen LogP contribution < -0.4 is 26.0 Å². The van der Waals surface area contributed by atoms with Gasteiger partial charge in [-0.1, -0.05) is 5.16 Å². The Balaban J connectivity index is 1.29. The minimum Gasteiger partial charge on any atom is -0.543 e. The number of nitrogens with zero attached hydrogens (tertiary/aromatic N) is 6. The van der Waals surface area contributed by atoms with Gasteiger partial charge in [-0.2, -0.15) is 14.6 Å². The molecule has 2 unspecified atom stereocenters. The van der Waals surface area contributed by atoms with Gasteiger partial charge in [0, 0.05) is 46.8 Å². The van der Waals surface area contributed by atoms with Gasteiger partial charge in [0.05, 0.1) is 11.7 Å². The molecule has 0 aromatic carbocycles. The Labute approximate surface area is 251 Å². The van der Waals surface area contributed by atoms with E-state index in [1.807, 2.05) is 5.32 Å². The van der Waals surface area contributed by atoms with Crippen molar-refractivity contribution in [3.63, 3.8) is 0 Å². The van der Waals surface area contributed by atoms with Gasteiger partial charge in [0.1, 0.15) is 23.7 Å². The van der Waals surface area contributed by atoms with E-state index in [1.165, 1.54) is 11.8 Å². The van der Waals surface area contributed by atoms with Gasteiger partial charge in [-0.05, 0) is 18.6 Å². The molecule has 18 heteroatoms. The van der Waals surface area contributed by atoms with Crippen LogP contribution in [0.15, 0.2) is 53.2 Å². The molecule has 3 aromatic heterocycles. The van der Waals surface area contributed by atoms with E-state index in [1.54, 1.807) is 54.5 Å². The summed E-state index contributed by atoms with van der Waals surface area (Å²) in [5.74, 6) is -3.25. The maximum atomic E-state index is 13.1. The molecule has 5 rings (SSSR count). The van der Waals surface area contributed by atoms with Crippen molar-refractivity contribution in [2.24, 2.45) is 5.16 Å². The molecule has 5 heterocycles. The van der Waals surface area contributed by atoms with Gasteiger partial charge in [-0.15, -0.1) is 11.8 Å². The Hall–Kier alpha value is -5.28. The molecule has 0 spiro atoms. The number of fused-ring (bicyclic) bond motifs is 1. The first kappa shape index (κ1) is 29.2. The molecular formula is C25H22N10O6S2. The van der Waals surface area contributed by atoms with Crippen LogP contribution in [-0.2, 0) is 25.8 Å². The molecule has 3 aromatic rings. The molecule has 2 atom stereocenters. The number of rotatable bonds is 10. The summed E-state index contributed by atoms with van der Waals surface area (Å²) >= 11 is 2.16. The number of carboxylic acids is 1. The number of hydrogen-bond acceptors (Lipinski definition) is 13. The highest BCUT2D eigenvalue weighted by Crippen LogP contribution is 2.40. The molecule has 2 aliphatic heterocycles. The third-order valence-corrected chi connectivity index (χ3v) is 8.26. The molecule has 16 nitrogen and oxygen atoms in total. The Kier molecular flexibility index (Phi) is 8.36. The van der Waals surface area contributed by atoms with Gasteiger partial charge < -0.3 is 30.8 Å². The monoisotopic (exact) mass is 622 g/mol. The van der Waals surface area contributed by atoms with Crippen LogP contribution in [0.5, 0.6) is 0 Å². The summed E-state index contributed by atoms with van der Waals surface area (Å²) in [7, 11) is 0. The average Bonchev–Trinajstić information content (AvgIpc) is 3.66. The van der Waals surface area contributed by atoms with Crippen LogP contribution in [0.3, 0.4) is 0 Å². The topological polar surface area (TPSA) is 235 Å². The molecular weight excluding hydrogens is 600 g/mol. The second-order valence-electron chi connectivity index (χ2n) is 9.04. The quantitative estimate of drug-likeness (QED) is 0.0505. The van der Waals surface area contributed by atoms with Gasteiger partial charge >= 0.3 is 0 Å². The zero-order chi connectivity index (χ0) is 30.7. The molecule has 0 bridgehead atoms. The van der Waals surface area contributed by atoms with Crippen LogP contribution in [0.2, 0.25) is 0 Å².